The lowest BCUT2D eigenvalue weighted by Crippen LogP contribution is -2.18. The lowest BCUT2D eigenvalue weighted by molar-refractivity contribution is 0.789. The molecule has 0 saturated heterocycles. The molecule has 100 valence electrons. The summed E-state index contributed by atoms with van der Waals surface area (Å²) in [6, 6.07) is 14.7. The highest BCUT2D eigenvalue weighted by Crippen LogP contribution is 2.24. The Balaban J connectivity index is 2.02. The Kier molecular flexibility index (Phi) is 4.89. The maximum Gasteiger partial charge on any atom is 0.0489 e. The number of benzene rings is 2. The summed E-state index contributed by atoms with van der Waals surface area (Å²) >= 11 is 9.47. The molecule has 1 nitrogen and oxygen atoms in total. The second-order valence-electron chi connectivity index (χ2n) is 4.86. The lowest BCUT2D eigenvalue weighted by Gasteiger charge is -2.17. The van der Waals surface area contributed by atoms with Crippen molar-refractivity contribution in [2.45, 2.75) is 26.3 Å². The maximum atomic E-state index is 5.89. The van der Waals surface area contributed by atoms with E-state index < -0.39 is 0 Å². The van der Waals surface area contributed by atoms with Crippen LogP contribution in [0, 0.1) is 6.92 Å². The summed E-state index contributed by atoms with van der Waals surface area (Å²) in [6.07, 6.45) is 0.970. The van der Waals surface area contributed by atoms with Gasteiger partial charge in [0.25, 0.3) is 0 Å². The van der Waals surface area contributed by atoms with Gasteiger partial charge >= 0.3 is 0 Å². The molecule has 0 aliphatic heterocycles. The molecular weight excluding hydrogens is 322 g/mol. The van der Waals surface area contributed by atoms with Crippen LogP contribution in [0.5, 0.6) is 0 Å². The van der Waals surface area contributed by atoms with Gasteiger partial charge in [-0.25, -0.2) is 0 Å². The Morgan fingerprint density at radius 1 is 1.16 bits per heavy atom. The summed E-state index contributed by atoms with van der Waals surface area (Å²) < 4.78 is 1.10. The molecule has 0 aliphatic carbocycles. The monoisotopic (exact) mass is 337 g/mol. The predicted molar refractivity (Wildman–Crippen MR) is 87.1 cm³/mol. The zero-order valence-electron chi connectivity index (χ0n) is 11.1. The first-order valence-electron chi connectivity index (χ1n) is 6.32. The standard InChI is InChI=1S/C16H17BrClN/c1-11-3-8-15(17)16(9-11)19-12(2)10-13-4-6-14(18)7-5-13/h3-9,12,19H,10H2,1-2H3. The first-order chi connectivity index (χ1) is 9.04. The second-order valence-corrected chi connectivity index (χ2v) is 6.15. The average molecular weight is 339 g/mol. The Hall–Kier alpha value is -0.990. The summed E-state index contributed by atoms with van der Waals surface area (Å²) in [6.45, 7) is 4.28. The fourth-order valence-electron chi connectivity index (χ4n) is 2.04. The van der Waals surface area contributed by atoms with Crippen LogP contribution in [0.2, 0.25) is 5.02 Å². The SMILES string of the molecule is Cc1ccc(Br)c(NC(C)Cc2ccc(Cl)cc2)c1. The van der Waals surface area contributed by atoms with Gasteiger partial charge in [-0.2, -0.15) is 0 Å². The summed E-state index contributed by atoms with van der Waals surface area (Å²) in [5.41, 5.74) is 3.68. The van der Waals surface area contributed by atoms with E-state index in [9.17, 15) is 0 Å². The molecule has 0 fully saturated rings. The number of nitrogens with one attached hydrogen (secondary N) is 1. The summed E-state index contributed by atoms with van der Waals surface area (Å²) in [5.74, 6) is 0. The Bertz CT molecular complexity index is 551. The first-order valence-corrected chi connectivity index (χ1v) is 7.49. The van der Waals surface area contributed by atoms with E-state index in [1.165, 1.54) is 11.1 Å². The van der Waals surface area contributed by atoms with Crippen LogP contribution in [0.25, 0.3) is 0 Å². The van der Waals surface area contributed by atoms with E-state index in [1.54, 1.807) is 0 Å². The van der Waals surface area contributed by atoms with E-state index >= 15 is 0 Å². The zero-order valence-corrected chi connectivity index (χ0v) is 13.4. The van der Waals surface area contributed by atoms with Crippen LogP contribution in [-0.4, -0.2) is 6.04 Å². The highest BCUT2D eigenvalue weighted by molar-refractivity contribution is 9.10. The van der Waals surface area contributed by atoms with Crippen LogP contribution < -0.4 is 5.32 Å². The molecule has 0 spiro atoms. The van der Waals surface area contributed by atoms with Crippen molar-refractivity contribution >= 4 is 33.2 Å². The van der Waals surface area contributed by atoms with Crippen molar-refractivity contribution in [3.8, 4) is 0 Å². The highest BCUT2D eigenvalue weighted by atomic mass is 79.9. The van der Waals surface area contributed by atoms with Gasteiger partial charge in [0, 0.05) is 21.2 Å². The van der Waals surface area contributed by atoms with Crippen LogP contribution in [-0.2, 0) is 6.42 Å². The molecule has 2 rings (SSSR count). The number of aryl methyl sites for hydroxylation is 1. The third-order valence-electron chi connectivity index (χ3n) is 2.98. The number of halogens is 2. The quantitative estimate of drug-likeness (QED) is 0.781. The van der Waals surface area contributed by atoms with Gasteiger partial charge in [-0.15, -0.1) is 0 Å². The number of hydrogen-bond donors (Lipinski definition) is 1. The molecule has 0 heterocycles. The first kappa shape index (κ1) is 14.4. The zero-order chi connectivity index (χ0) is 13.8. The molecule has 1 atom stereocenters. The van der Waals surface area contributed by atoms with Gasteiger partial charge in [-0.1, -0.05) is 29.8 Å². The molecule has 3 heteroatoms. The van der Waals surface area contributed by atoms with Crippen molar-refractivity contribution in [3.05, 3.63) is 63.1 Å². The summed E-state index contributed by atoms with van der Waals surface area (Å²) in [5, 5.41) is 4.32. The van der Waals surface area contributed by atoms with Gasteiger partial charge in [-0.3, -0.25) is 0 Å². The van der Waals surface area contributed by atoms with Crippen molar-refractivity contribution in [2.75, 3.05) is 5.32 Å². The van der Waals surface area contributed by atoms with Gasteiger partial charge in [0.05, 0.1) is 0 Å². The molecule has 0 bridgehead atoms. The topological polar surface area (TPSA) is 12.0 Å². The van der Waals surface area contributed by atoms with Gasteiger partial charge in [0.2, 0.25) is 0 Å². The molecule has 0 amide bonds. The van der Waals surface area contributed by atoms with E-state index in [4.69, 9.17) is 11.6 Å². The van der Waals surface area contributed by atoms with Gasteiger partial charge in [-0.05, 0) is 71.6 Å². The third kappa shape index (κ3) is 4.26. The molecule has 0 saturated carbocycles. The molecule has 2 aromatic rings. The Morgan fingerprint density at radius 3 is 2.53 bits per heavy atom. The van der Waals surface area contributed by atoms with E-state index in [0.717, 1.165) is 21.6 Å². The minimum Gasteiger partial charge on any atom is -0.381 e. The molecular formula is C16H17BrClN. The molecule has 0 radical (unpaired) electrons. The van der Waals surface area contributed by atoms with Gasteiger partial charge in [0.15, 0.2) is 0 Å². The summed E-state index contributed by atoms with van der Waals surface area (Å²) in [7, 11) is 0. The van der Waals surface area contributed by atoms with Crippen LogP contribution in [0.3, 0.4) is 0 Å². The van der Waals surface area contributed by atoms with Gasteiger partial charge in [0.1, 0.15) is 0 Å². The van der Waals surface area contributed by atoms with Crippen molar-refractivity contribution < 1.29 is 0 Å². The third-order valence-corrected chi connectivity index (χ3v) is 3.92. The largest absolute Gasteiger partial charge is 0.381 e. The number of rotatable bonds is 4. The molecule has 0 aromatic heterocycles. The molecule has 1 unspecified atom stereocenters. The maximum absolute atomic E-state index is 5.89. The van der Waals surface area contributed by atoms with Crippen molar-refractivity contribution in [2.24, 2.45) is 0 Å². The molecule has 2 aromatic carbocycles. The van der Waals surface area contributed by atoms with Crippen LogP contribution in [0.1, 0.15) is 18.1 Å². The molecule has 1 N–H and O–H groups in total. The van der Waals surface area contributed by atoms with E-state index in [-0.39, 0.29) is 0 Å². The van der Waals surface area contributed by atoms with Crippen molar-refractivity contribution in [3.63, 3.8) is 0 Å². The Morgan fingerprint density at radius 2 is 1.84 bits per heavy atom. The van der Waals surface area contributed by atoms with Crippen LogP contribution in [0.4, 0.5) is 5.69 Å². The van der Waals surface area contributed by atoms with Crippen LogP contribution in [0.15, 0.2) is 46.9 Å². The van der Waals surface area contributed by atoms with Crippen molar-refractivity contribution in [1.29, 1.82) is 0 Å². The van der Waals surface area contributed by atoms with E-state index in [1.807, 2.05) is 12.1 Å². The highest BCUT2D eigenvalue weighted by Gasteiger charge is 2.06. The van der Waals surface area contributed by atoms with Crippen molar-refractivity contribution in [1.82, 2.24) is 0 Å². The Labute approximate surface area is 128 Å². The lowest BCUT2D eigenvalue weighted by atomic mass is 10.1. The predicted octanol–water partition coefficient (Wildman–Crippen LogP) is 5.45. The average Bonchev–Trinajstić information content (AvgIpc) is 2.37. The normalized spacial score (nSPS) is 12.2. The fraction of sp³-hybridized carbons (Fsp3) is 0.250. The smallest absolute Gasteiger partial charge is 0.0489 e. The van der Waals surface area contributed by atoms with Crippen LogP contribution >= 0.6 is 27.5 Å². The summed E-state index contributed by atoms with van der Waals surface area (Å²) in [4.78, 5) is 0. The number of hydrogen-bond acceptors (Lipinski definition) is 1. The van der Waals surface area contributed by atoms with Gasteiger partial charge < -0.3 is 5.32 Å². The molecule has 0 aliphatic rings. The fourth-order valence-corrected chi connectivity index (χ4v) is 2.53. The van der Waals surface area contributed by atoms with E-state index in [2.05, 4.69) is 65.4 Å². The minimum absolute atomic E-state index is 0.360. The number of anilines is 1. The van der Waals surface area contributed by atoms with E-state index in [0.29, 0.717) is 6.04 Å². The minimum atomic E-state index is 0.360. The second kappa shape index (κ2) is 6.44. The molecule has 19 heavy (non-hydrogen) atoms.